The number of carboxylic acids is 1. The highest BCUT2D eigenvalue weighted by atomic mass is 16.4. The van der Waals surface area contributed by atoms with Gasteiger partial charge in [0.05, 0.1) is 5.56 Å². The van der Waals surface area contributed by atoms with Crippen molar-refractivity contribution in [3.63, 3.8) is 0 Å². The number of rotatable bonds is 3. The van der Waals surface area contributed by atoms with Gasteiger partial charge in [0.1, 0.15) is 0 Å². The quantitative estimate of drug-likeness (QED) is 0.907. The summed E-state index contributed by atoms with van der Waals surface area (Å²) in [5, 5.41) is 9.02. The SMILES string of the molecule is Cc1ccc(N(C)c2cccc(C(=O)O)c2)cc1C. The lowest BCUT2D eigenvalue weighted by Crippen LogP contribution is -2.10. The molecule has 0 bridgehead atoms. The molecular formula is C16H17NO2. The number of aryl methyl sites for hydroxylation is 2. The van der Waals surface area contributed by atoms with E-state index in [1.807, 2.05) is 24.1 Å². The number of carbonyl (C=O) groups is 1. The summed E-state index contributed by atoms with van der Waals surface area (Å²) in [6.07, 6.45) is 0. The normalized spacial score (nSPS) is 10.3. The van der Waals surface area contributed by atoms with E-state index in [2.05, 4.69) is 26.0 Å². The van der Waals surface area contributed by atoms with Gasteiger partial charge in [-0.3, -0.25) is 0 Å². The highest BCUT2D eigenvalue weighted by molar-refractivity contribution is 5.89. The van der Waals surface area contributed by atoms with Crippen LogP contribution in [-0.4, -0.2) is 18.1 Å². The number of benzene rings is 2. The second kappa shape index (κ2) is 5.14. The molecule has 98 valence electrons. The van der Waals surface area contributed by atoms with Gasteiger partial charge in [0.15, 0.2) is 0 Å². The third kappa shape index (κ3) is 2.76. The number of hydrogen-bond acceptors (Lipinski definition) is 2. The van der Waals surface area contributed by atoms with Gasteiger partial charge in [-0.1, -0.05) is 12.1 Å². The third-order valence-electron chi connectivity index (χ3n) is 3.36. The molecule has 0 aliphatic heterocycles. The summed E-state index contributed by atoms with van der Waals surface area (Å²) in [6, 6.07) is 13.1. The highest BCUT2D eigenvalue weighted by Gasteiger charge is 2.08. The van der Waals surface area contributed by atoms with Crippen LogP contribution in [0.15, 0.2) is 42.5 Å². The van der Waals surface area contributed by atoms with Gasteiger partial charge in [-0.15, -0.1) is 0 Å². The van der Waals surface area contributed by atoms with E-state index in [0.29, 0.717) is 5.56 Å². The summed E-state index contributed by atoms with van der Waals surface area (Å²) in [5.74, 6) is -0.907. The molecule has 0 amide bonds. The van der Waals surface area contributed by atoms with Crippen molar-refractivity contribution in [2.75, 3.05) is 11.9 Å². The van der Waals surface area contributed by atoms with Gasteiger partial charge in [0, 0.05) is 18.4 Å². The zero-order valence-corrected chi connectivity index (χ0v) is 11.3. The Morgan fingerprint density at radius 1 is 1.00 bits per heavy atom. The number of nitrogens with zero attached hydrogens (tertiary/aromatic N) is 1. The molecule has 0 atom stereocenters. The van der Waals surface area contributed by atoms with E-state index in [1.165, 1.54) is 11.1 Å². The molecule has 2 aromatic rings. The van der Waals surface area contributed by atoms with Gasteiger partial charge in [0.2, 0.25) is 0 Å². The predicted octanol–water partition coefficient (Wildman–Crippen LogP) is 3.77. The van der Waals surface area contributed by atoms with Crippen LogP contribution >= 0.6 is 0 Å². The summed E-state index contributed by atoms with van der Waals surface area (Å²) in [7, 11) is 1.94. The monoisotopic (exact) mass is 255 g/mol. The minimum absolute atomic E-state index is 0.299. The van der Waals surface area contributed by atoms with Gasteiger partial charge >= 0.3 is 5.97 Å². The maximum absolute atomic E-state index is 11.0. The number of hydrogen-bond donors (Lipinski definition) is 1. The number of anilines is 2. The van der Waals surface area contributed by atoms with Crippen molar-refractivity contribution < 1.29 is 9.90 Å². The zero-order valence-electron chi connectivity index (χ0n) is 11.3. The van der Waals surface area contributed by atoms with Crippen LogP contribution in [0.1, 0.15) is 21.5 Å². The van der Waals surface area contributed by atoms with Crippen LogP contribution < -0.4 is 4.90 Å². The predicted molar refractivity (Wildman–Crippen MR) is 77.4 cm³/mol. The van der Waals surface area contributed by atoms with Crippen molar-refractivity contribution in [2.45, 2.75) is 13.8 Å². The van der Waals surface area contributed by atoms with Crippen LogP contribution in [0.5, 0.6) is 0 Å². The van der Waals surface area contributed by atoms with Crippen molar-refractivity contribution in [3.8, 4) is 0 Å². The Hall–Kier alpha value is -2.29. The van der Waals surface area contributed by atoms with Gasteiger partial charge in [0.25, 0.3) is 0 Å². The summed E-state index contributed by atoms with van der Waals surface area (Å²) >= 11 is 0. The fourth-order valence-electron chi connectivity index (χ4n) is 1.93. The molecule has 0 fully saturated rings. The molecule has 0 radical (unpaired) electrons. The first-order valence-electron chi connectivity index (χ1n) is 6.13. The Balaban J connectivity index is 2.37. The maximum atomic E-state index is 11.0. The Morgan fingerprint density at radius 3 is 2.32 bits per heavy atom. The average molecular weight is 255 g/mol. The zero-order chi connectivity index (χ0) is 14.0. The Kier molecular flexibility index (Phi) is 3.56. The maximum Gasteiger partial charge on any atom is 0.335 e. The summed E-state index contributed by atoms with van der Waals surface area (Å²) < 4.78 is 0. The standard InChI is InChI=1S/C16H17NO2/c1-11-7-8-15(9-12(11)2)17(3)14-6-4-5-13(10-14)16(18)19/h4-10H,1-3H3,(H,18,19). The first kappa shape index (κ1) is 13.1. The summed E-state index contributed by atoms with van der Waals surface area (Å²) in [5.41, 5.74) is 4.68. The molecule has 0 saturated heterocycles. The molecule has 1 N–H and O–H groups in total. The van der Waals surface area contributed by atoms with Gasteiger partial charge < -0.3 is 10.0 Å². The minimum atomic E-state index is -0.907. The van der Waals surface area contributed by atoms with Crippen molar-refractivity contribution in [2.24, 2.45) is 0 Å². The molecule has 2 rings (SSSR count). The second-order valence-electron chi connectivity index (χ2n) is 4.68. The van der Waals surface area contributed by atoms with Crippen LogP contribution in [0.3, 0.4) is 0 Å². The van der Waals surface area contributed by atoms with E-state index in [0.717, 1.165) is 11.4 Å². The Bertz CT molecular complexity index is 620. The first-order chi connectivity index (χ1) is 8.99. The number of carboxylic acid groups (broad SMARTS) is 1. The summed E-state index contributed by atoms with van der Waals surface area (Å²) in [6.45, 7) is 4.14. The first-order valence-corrected chi connectivity index (χ1v) is 6.13. The van der Waals surface area contributed by atoms with Gasteiger partial charge in [-0.05, 0) is 55.3 Å². The molecule has 0 aromatic heterocycles. The van der Waals surface area contributed by atoms with Crippen molar-refractivity contribution in [3.05, 3.63) is 59.2 Å². The van der Waals surface area contributed by atoms with E-state index < -0.39 is 5.97 Å². The Labute approximate surface area is 113 Å². The fourth-order valence-corrected chi connectivity index (χ4v) is 1.93. The van der Waals surface area contributed by atoms with Crippen LogP contribution in [0, 0.1) is 13.8 Å². The smallest absolute Gasteiger partial charge is 0.335 e. The lowest BCUT2D eigenvalue weighted by molar-refractivity contribution is 0.0697. The molecule has 3 nitrogen and oxygen atoms in total. The van der Waals surface area contributed by atoms with Crippen molar-refractivity contribution in [1.29, 1.82) is 0 Å². The van der Waals surface area contributed by atoms with Gasteiger partial charge in [-0.25, -0.2) is 4.79 Å². The van der Waals surface area contributed by atoms with Crippen LogP contribution in [0.2, 0.25) is 0 Å². The van der Waals surface area contributed by atoms with E-state index >= 15 is 0 Å². The van der Waals surface area contributed by atoms with Gasteiger partial charge in [-0.2, -0.15) is 0 Å². The molecule has 0 aliphatic carbocycles. The molecular weight excluding hydrogens is 238 g/mol. The molecule has 0 heterocycles. The fraction of sp³-hybridized carbons (Fsp3) is 0.188. The molecule has 19 heavy (non-hydrogen) atoms. The lowest BCUT2D eigenvalue weighted by Gasteiger charge is -2.21. The lowest BCUT2D eigenvalue weighted by atomic mass is 10.1. The van der Waals surface area contributed by atoms with Crippen molar-refractivity contribution in [1.82, 2.24) is 0 Å². The van der Waals surface area contributed by atoms with Crippen LogP contribution in [0.4, 0.5) is 11.4 Å². The van der Waals surface area contributed by atoms with E-state index in [1.54, 1.807) is 18.2 Å². The summed E-state index contributed by atoms with van der Waals surface area (Å²) in [4.78, 5) is 13.0. The minimum Gasteiger partial charge on any atom is -0.478 e. The van der Waals surface area contributed by atoms with E-state index in [4.69, 9.17) is 5.11 Å². The number of aromatic carboxylic acids is 1. The second-order valence-corrected chi connectivity index (χ2v) is 4.68. The average Bonchev–Trinajstić information content (AvgIpc) is 2.41. The molecule has 0 saturated carbocycles. The molecule has 0 spiro atoms. The van der Waals surface area contributed by atoms with Crippen LogP contribution in [0.25, 0.3) is 0 Å². The van der Waals surface area contributed by atoms with E-state index in [9.17, 15) is 4.79 Å². The topological polar surface area (TPSA) is 40.5 Å². The van der Waals surface area contributed by atoms with Crippen molar-refractivity contribution >= 4 is 17.3 Å². The third-order valence-corrected chi connectivity index (χ3v) is 3.36. The molecule has 3 heteroatoms. The van der Waals surface area contributed by atoms with E-state index in [-0.39, 0.29) is 0 Å². The van der Waals surface area contributed by atoms with Crippen LogP contribution in [-0.2, 0) is 0 Å². The molecule has 0 aliphatic rings. The molecule has 2 aromatic carbocycles. The molecule has 0 unspecified atom stereocenters. The Morgan fingerprint density at radius 2 is 1.68 bits per heavy atom. The highest BCUT2D eigenvalue weighted by Crippen LogP contribution is 2.26. The largest absolute Gasteiger partial charge is 0.478 e.